The second kappa shape index (κ2) is 7.32. The van der Waals surface area contributed by atoms with E-state index in [9.17, 15) is 4.79 Å². The Morgan fingerprint density at radius 3 is 2.45 bits per heavy atom. The molecule has 112 valence electrons. The van der Waals surface area contributed by atoms with Crippen molar-refractivity contribution < 1.29 is 15.0 Å². The smallest absolute Gasteiger partial charge is 0.358 e. The van der Waals surface area contributed by atoms with Crippen molar-refractivity contribution in [2.24, 2.45) is 0 Å². The van der Waals surface area contributed by atoms with Crippen molar-refractivity contribution in [1.82, 2.24) is 24.8 Å². The Kier molecular flexibility index (Phi) is 5.45. The Morgan fingerprint density at radius 1 is 1.15 bits per heavy atom. The summed E-state index contributed by atoms with van der Waals surface area (Å²) in [6.45, 7) is 6.36. The highest BCUT2D eigenvalue weighted by Gasteiger charge is 2.14. The van der Waals surface area contributed by atoms with Crippen LogP contribution < -0.4 is 0 Å². The van der Waals surface area contributed by atoms with Gasteiger partial charge >= 0.3 is 5.97 Å². The molecule has 0 radical (unpaired) electrons. The van der Waals surface area contributed by atoms with Gasteiger partial charge in [-0.05, 0) is 19.5 Å². The zero-order valence-electron chi connectivity index (χ0n) is 11.5. The molecule has 0 aliphatic carbocycles. The molecule has 2 N–H and O–H groups in total. The fourth-order valence-electron chi connectivity index (χ4n) is 2.36. The van der Waals surface area contributed by atoms with Crippen LogP contribution in [-0.4, -0.2) is 86.9 Å². The number of carboxylic acid groups (broad SMARTS) is 1. The fraction of sp³-hybridized carbons (Fsp3) is 0.750. The monoisotopic (exact) mass is 283 g/mol. The van der Waals surface area contributed by atoms with Crippen LogP contribution in [0.15, 0.2) is 6.20 Å². The number of hydrogen-bond acceptors (Lipinski definition) is 6. The van der Waals surface area contributed by atoms with Gasteiger partial charge in [-0.1, -0.05) is 5.21 Å². The van der Waals surface area contributed by atoms with Crippen LogP contribution in [-0.2, 0) is 6.54 Å². The number of aliphatic hydroxyl groups excluding tert-OH is 1. The van der Waals surface area contributed by atoms with Gasteiger partial charge in [0.15, 0.2) is 5.69 Å². The van der Waals surface area contributed by atoms with Crippen LogP contribution in [0.5, 0.6) is 0 Å². The molecule has 0 saturated carbocycles. The molecule has 1 fully saturated rings. The summed E-state index contributed by atoms with van der Waals surface area (Å²) in [4.78, 5) is 15.3. The van der Waals surface area contributed by atoms with E-state index in [2.05, 4.69) is 20.1 Å². The third kappa shape index (κ3) is 4.26. The molecule has 1 aromatic heterocycles. The van der Waals surface area contributed by atoms with E-state index in [1.165, 1.54) is 6.20 Å². The van der Waals surface area contributed by atoms with E-state index in [4.69, 9.17) is 10.2 Å². The first-order valence-corrected chi connectivity index (χ1v) is 6.88. The van der Waals surface area contributed by atoms with Gasteiger partial charge in [-0.2, -0.15) is 0 Å². The Morgan fingerprint density at radius 2 is 1.85 bits per heavy atom. The highest BCUT2D eigenvalue weighted by atomic mass is 16.4. The maximum Gasteiger partial charge on any atom is 0.358 e. The van der Waals surface area contributed by atoms with Gasteiger partial charge in [-0.15, -0.1) is 5.10 Å². The predicted octanol–water partition coefficient (Wildman–Crippen LogP) is -1.02. The molecular weight excluding hydrogens is 262 g/mol. The van der Waals surface area contributed by atoms with Crippen molar-refractivity contribution in [2.45, 2.75) is 13.0 Å². The predicted molar refractivity (Wildman–Crippen MR) is 71.6 cm³/mol. The molecule has 1 saturated heterocycles. The van der Waals surface area contributed by atoms with E-state index < -0.39 is 5.97 Å². The fourth-order valence-corrected chi connectivity index (χ4v) is 2.36. The first-order chi connectivity index (χ1) is 9.69. The summed E-state index contributed by atoms with van der Waals surface area (Å²) in [6.07, 6.45) is 2.54. The highest BCUT2D eigenvalue weighted by Crippen LogP contribution is 2.03. The minimum atomic E-state index is -1.05. The summed E-state index contributed by atoms with van der Waals surface area (Å²) < 4.78 is 1.57. The van der Waals surface area contributed by atoms with E-state index in [1.807, 2.05) is 0 Å². The number of rotatable bonds is 6. The summed E-state index contributed by atoms with van der Waals surface area (Å²) in [5.41, 5.74) is -0.0185. The minimum Gasteiger partial charge on any atom is -0.476 e. The summed E-state index contributed by atoms with van der Waals surface area (Å²) in [7, 11) is 0. The molecule has 0 atom stereocenters. The van der Waals surface area contributed by atoms with Crippen molar-refractivity contribution in [1.29, 1.82) is 0 Å². The lowest BCUT2D eigenvalue weighted by Gasteiger charge is -2.20. The highest BCUT2D eigenvalue weighted by molar-refractivity contribution is 5.84. The molecule has 0 unspecified atom stereocenters. The van der Waals surface area contributed by atoms with Gasteiger partial charge < -0.3 is 15.1 Å². The van der Waals surface area contributed by atoms with E-state index >= 15 is 0 Å². The summed E-state index contributed by atoms with van der Waals surface area (Å²) in [5.74, 6) is -1.05. The molecule has 1 aliphatic heterocycles. The lowest BCUT2D eigenvalue weighted by Crippen LogP contribution is -2.34. The summed E-state index contributed by atoms with van der Waals surface area (Å²) in [5, 5.41) is 25.1. The lowest BCUT2D eigenvalue weighted by molar-refractivity contribution is 0.0690. The Balaban J connectivity index is 1.77. The summed E-state index contributed by atoms with van der Waals surface area (Å²) >= 11 is 0. The molecule has 8 nitrogen and oxygen atoms in total. The number of aliphatic hydroxyl groups is 1. The van der Waals surface area contributed by atoms with Crippen LogP contribution in [0.4, 0.5) is 0 Å². The molecule has 20 heavy (non-hydrogen) atoms. The number of carboxylic acids is 1. The third-order valence-electron chi connectivity index (χ3n) is 3.50. The number of carbonyl (C=O) groups is 1. The average molecular weight is 283 g/mol. The SMILES string of the molecule is O=C(O)c1cn(CCN2CCCN(CCO)CC2)nn1. The second-order valence-corrected chi connectivity index (χ2v) is 4.93. The lowest BCUT2D eigenvalue weighted by atomic mass is 10.4. The quantitative estimate of drug-likeness (QED) is 0.689. The van der Waals surface area contributed by atoms with Crippen molar-refractivity contribution in [3.8, 4) is 0 Å². The normalized spacial score (nSPS) is 18.1. The van der Waals surface area contributed by atoms with Gasteiger partial charge in [-0.25, -0.2) is 4.79 Å². The second-order valence-electron chi connectivity index (χ2n) is 4.93. The Labute approximate surface area is 117 Å². The van der Waals surface area contributed by atoms with Gasteiger partial charge in [0.2, 0.25) is 0 Å². The number of nitrogens with zero attached hydrogens (tertiary/aromatic N) is 5. The molecule has 0 aromatic carbocycles. The number of aromatic nitrogens is 3. The molecule has 0 spiro atoms. The average Bonchev–Trinajstić information content (AvgIpc) is 2.79. The Bertz CT molecular complexity index is 436. The molecular formula is C12H21N5O3. The van der Waals surface area contributed by atoms with E-state index in [0.717, 1.165) is 45.7 Å². The van der Waals surface area contributed by atoms with E-state index in [1.54, 1.807) is 4.68 Å². The molecule has 8 heteroatoms. The van der Waals surface area contributed by atoms with Crippen molar-refractivity contribution >= 4 is 5.97 Å². The zero-order valence-corrected chi connectivity index (χ0v) is 11.5. The third-order valence-corrected chi connectivity index (χ3v) is 3.50. The number of hydrogen-bond donors (Lipinski definition) is 2. The zero-order chi connectivity index (χ0) is 14.4. The van der Waals surface area contributed by atoms with Crippen LogP contribution in [0.3, 0.4) is 0 Å². The first-order valence-electron chi connectivity index (χ1n) is 6.88. The van der Waals surface area contributed by atoms with Gasteiger partial charge in [0.05, 0.1) is 19.3 Å². The van der Waals surface area contributed by atoms with Gasteiger partial charge in [0.25, 0.3) is 0 Å². The summed E-state index contributed by atoms with van der Waals surface area (Å²) in [6, 6.07) is 0. The van der Waals surface area contributed by atoms with Crippen molar-refractivity contribution in [2.75, 3.05) is 45.9 Å². The van der Waals surface area contributed by atoms with E-state index in [-0.39, 0.29) is 12.3 Å². The minimum absolute atomic E-state index is 0.0185. The van der Waals surface area contributed by atoms with Crippen molar-refractivity contribution in [3.05, 3.63) is 11.9 Å². The van der Waals surface area contributed by atoms with Gasteiger partial charge in [-0.3, -0.25) is 9.58 Å². The van der Waals surface area contributed by atoms with Gasteiger partial charge in [0.1, 0.15) is 0 Å². The van der Waals surface area contributed by atoms with Crippen LogP contribution in [0.1, 0.15) is 16.9 Å². The van der Waals surface area contributed by atoms with Crippen LogP contribution in [0.2, 0.25) is 0 Å². The molecule has 0 bridgehead atoms. The maximum atomic E-state index is 10.7. The standard InChI is InChI=1S/C12H21N5O3/c18-9-8-16-3-1-2-15(4-5-16)6-7-17-10-11(12(19)20)13-14-17/h10,18H,1-9H2,(H,19,20). The first kappa shape index (κ1) is 14.9. The van der Waals surface area contributed by atoms with Crippen molar-refractivity contribution in [3.63, 3.8) is 0 Å². The van der Waals surface area contributed by atoms with Crippen LogP contribution in [0.25, 0.3) is 0 Å². The van der Waals surface area contributed by atoms with Crippen LogP contribution in [0, 0.1) is 0 Å². The molecule has 2 rings (SSSR count). The Hall–Kier alpha value is -1.51. The maximum absolute atomic E-state index is 10.7. The largest absolute Gasteiger partial charge is 0.476 e. The van der Waals surface area contributed by atoms with E-state index in [0.29, 0.717) is 6.54 Å². The topological polar surface area (TPSA) is 94.7 Å². The molecule has 1 aromatic rings. The molecule has 1 aliphatic rings. The van der Waals surface area contributed by atoms with Crippen LogP contribution >= 0.6 is 0 Å². The number of aromatic carboxylic acids is 1. The number of β-amino-alcohol motifs (C(OH)–C–C–N with tert-alkyl or cyclic N) is 1. The molecule has 0 amide bonds. The molecule has 2 heterocycles. The van der Waals surface area contributed by atoms with Gasteiger partial charge in [0, 0.05) is 26.2 Å².